The molecule has 0 aliphatic carbocycles. The molecule has 1 fully saturated rings. The number of carbonyl (C=O) groups excluding carboxylic acids is 3. The number of aliphatic hydroxyl groups excluding tert-OH is 1. The SMILES string of the molecule is COCCCOc1ccccc1N1CCN(CC(N)C(O)CC(C(=O)NCC(C)(C)C(N)=O)C(C)C)C(C)(C)C1=O. The van der Waals surface area contributed by atoms with Crippen molar-refractivity contribution >= 4 is 23.4 Å². The van der Waals surface area contributed by atoms with E-state index >= 15 is 0 Å². The molecule has 3 amide bonds. The Morgan fingerprint density at radius 3 is 2.44 bits per heavy atom. The number of anilines is 1. The number of amides is 3. The van der Waals surface area contributed by atoms with Crippen molar-refractivity contribution < 1.29 is 29.0 Å². The first-order valence-corrected chi connectivity index (χ1v) is 14.4. The van der Waals surface area contributed by atoms with Crippen molar-refractivity contribution in [2.75, 3.05) is 51.4 Å². The number of carbonyl (C=O) groups is 3. The Labute approximate surface area is 244 Å². The summed E-state index contributed by atoms with van der Waals surface area (Å²) in [6.45, 7) is 13.3. The number of benzene rings is 1. The second-order valence-corrected chi connectivity index (χ2v) is 12.4. The number of methoxy groups -OCH3 is 1. The summed E-state index contributed by atoms with van der Waals surface area (Å²) in [5, 5.41) is 13.8. The molecule has 11 nitrogen and oxygen atoms in total. The van der Waals surface area contributed by atoms with E-state index in [0.717, 1.165) is 12.1 Å². The minimum absolute atomic E-state index is 0.0631. The molecule has 1 aliphatic heterocycles. The van der Waals surface area contributed by atoms with Crippen LogP contribution in [0.3, 0.4) is 0 Å². The van der Waals surface area contributed by atoms with Gasteiger partial charge in [-0.15, -0.1) is 0 Å². The molecule has 0 spiro atoms. The molecule has 2 rings (SSSR count). The summed E-state index contributed by atoms with van der Waals surface area (Å²) in [4.78, 5) is 42.0. The van der Waals surface area contributed by atoms with Crippen LogP contribution in [0.1, 0.15) is 54.4 Å². The van der Waals surface area contributed by atoms with Crippen molar-refractivity contribution in [2.24, 2.45) is 28.7 Å². The molecule has 41 heavy (non-hydrogen) atoms. The molecule has 3 unspecified atom stereocenters. The highest BCUT2D eigenvalue weighted by Gasteiger charge is 2.44. The van der Waals surface area contributed by atoms with Crippen LogP contribution >= 0.6 is 0 Å². The average molecular weight is 578 g/mol. The maximum absolute atomic E-state index is 13.7. The number of nitrogens with zero attached hydrogens (tertiary/aromatic N) is 2. The number of nitrogens with two attached hydrogens (primary N) is 2. The van der Waals surface area contributed by atoms with Crippen LogP contribution < -0.4 is 26.4 Å². The molecule has 3 atom stereocenters. The second kappa shape index (κ2) is 14.9. The number of aliphatic hydroxyl groups is 1. The third kappa shape index (κ3) is 9.13. The number of primary amides is 1. The molecule has 1 aliphatic rings. The van der Waals surface area contributed by atoms with E-state index in [1.54, 1.807) is 25.9 Å². The van der Waals surface area contributed by atoms with E-state index in [9.17, 15) is 19.5 Å². The minimum Gasteiger partial charge on any atom is -0.491 e. The van der Waals surface area contributed by atoms with Gasteiger partial charge in [-0.3, -0.25) is 19.3 Å². The summed E-state index contributed by atoms with van der Waals surface area (Å²) < 4.78 is 11.1. The molecular formula is C30H51N5O6. The van der Waals surface area contributed by atoms with Gasteiger partial charge in [-0.25, -0.2) is 0 Å². The third-order valence-electron chi connectivity index (χ3n) is 7.99. The monoisotopic (exact) mass is 577 g/mol. The van der Waals surface area contributed by atoms with Gasteiger partial charge >= 0.3 is 0 Å². The first-order valence-electron chi connectivity index (χ1n) is 14.4. The highest BCUT2D eigenvalue weighted by molar-refractivity contribution is 6.01. The number of piperazine rings is 1. The summed E-state index contributed by atoms with van der Waals surface area (Å²) in [7, 11) is 1.65. The Morgan fingerprint density at radius 1 is 1.17 bits per heavy atom. The van der Waals surface area contributed by atoms with Crippen LogP contribution in [0.5, 0.6) is 5.75 Å². The van der Waals surface area contributed by atoms with Crippen LogP contribution in [0.15, 0.2) is 24.3 Å². The van der Waals surface area contributed by atoms with E-state index in [-0.39, 0.29) is 37.2 Å². The summed E-state index contributed by atoms with van der Waals surface area (Å²) in [5.74, 6) is -0.775. The average Bonchev–Trinajstić information content (AvgIpc) is 2.91. The van der Waals surface area contributed by atoms with Crippen molar-refractivity contribution in [3.63, 3.8) is 0 Å². The largest absolute Gasteiger partial charge is 0.491 e. The van der Waals surface area contributed by atoms with Gasteiger partial charge in [0.15, 0.2) is 0 Å². The number of hydrogen-bond donors (Lipinski definition) is 4. The number of rotatable bonds is 16. The van der Waals surface area contributed by atoms with Crippen LogP contribution in [0.4, 0.5) is 5.69 Å². The van der Waals surface area contributed by atoms with Crippen LogP contribution in [-0.4, -0.2) is 91.9 Å². The fourth-order valence-electron chi connectivity index (χ4n) is 4.82. The smallest absolute Gasteiger partial charge is 0.247 e. The lowest BCUT2D eigenvalue weighted by atomic mass is 9.86. The van der Waals surface area contributed by atoms with Gasteiger partial charge in [0.2, 0.25) is 17.7 Å². The Morgan fingerprint density at radius 2 is 1.83 bits per heavy atom. The van der Waals surface area contributed by atoms with Crippen molar-refractivity contribution in [1.29, 1.82) is 0 Å². The highest BCUT2D eigenvalue weighted by atomic mass is 16.5. The van der Waals surface area contributed by atoms with Crippen LogP contribution in [-0.2, 0) is 19.1 Å². The lowest BCUT2D eigenvalue weighted by molar-refractivity contribution is -0.132. The van der Waals surface area contributed by atoms with E-state index < -0.39 is 34.9 Å². The van der Waals surface area contributed by atoms with E-state index in [1.165, 1.54) is 0 Å². The van der Waals surface area contributed by atoms with Crippen LogP contribution in [0.25, 0.3) is 0 Å². The molecule has 1 heterocycles. The van der Waals surface area contributed by atoms with Gasteiger partial charge in [-0.2, -0.15) is 0 Å². The standard InChI is InChI=1S/C30H51N5O6/c1-20(2)21(26(37)33-19-29(3,4)27(32)38)17-24(36)22(31)18-34-13-14-35(28(39)30(34,5)6)23-11-8-9-12-25(23)41-16-10-15-40-7/h8-9,11-12,20-22,24,36H,10,13-19,31H2,1-7H3,(H2,32,38)(H,33,37). The van der Waals surface area contributed by atoms with E-state index in [1.807, 2.05) is 56.9 Å². The van der Waals surface area contributed by atoms with Gasteiger partial charge in [-0.1, -0.05) is 26.0 Å². The third-order valence-corrected chi connectivity index (χ3v) is 7.99. The molecule has 6 N–H and O–H groups in total. The molecule has 1 aromatic rings. The normalized spacial score (nSPS) is 18.2. The van der Waals surface area contributed by atoms with Crippen molar-refractivity contribution in [3.05, 3.63) is 24.3 Å². The molecule has 1 saturated heterocycles. The van der Waals surface area contributed by atoms with E-state index in [0.29, 0.717) is 32.1 Å². The zero-order valence-electron chi connectivity index (χ0n) is 25.8. The maximum Gasteiger partial charge on any atom is 0.247 e. The van der Waals surface area contributed by atoms with Gasteiger partial charge in [0.05, 0.1) is 29.4 Å². The Hall–Kier alpha value is -2.73. The maximum atomic E-state index is 13.7. The van der Waals surface area contributed by atoms with Crippen LogP contribution in [0, 0.1) is 17.3 Å². The lowest BCUT2D eigenvalue weighted by Gasteiger charge is -2.47. The molecule has 0 saturated carbocycles. The summed E-state index contributed by atoms with van der Waals surface area (Å²) >= 11 is 0. The van der Waals surface area contributed by atoms with Crippen molar-refractivity contribution in [3.8, 4) is 5.75 Å². The molecule has 0 aromatic heterocycles. The first kappa shape index (κ1) is 34.5. The minimum atomic E-state index is -0.970. The summed E-state index contributed by atoms with van der Waals surface area (Å²) in [6.07, 6.45) is -0.0744. The zero-order valence-corrected chi connectivity index (χ0v) is 25.8. The predicted molar refractivity (Wildman–Crippen MR) is 159 cm³/mol. The van der Waals surface area contributed by atoms with Crippen molar-refractivity contribution in [1.82, 2.24) is 10.2 Å². The number of nitrogens with one attached hydrogen (secondary N) is 1. The van der Waals surface area contributed by atoms with Gasteiger partial charge in [-0.05, 0) is 52.2 Å². The van der Waals surface area contributed by atoms with E-state index in [2.05, 4.69) is 5.32 Å². The molecule has 0 radical (unpaired) electrons. The fraction of sp³-hybridized carbons (Fsp3) is 0.700. The number of hydrogen-bond acceptors (Lipinski definition) is 8. The van der Waals surface area contributed by atoms with Crippen molar-refractivity contribution in [2.45, 2.75) is 72.1 Å². The van der Waals surface area contributed by atoms with Gasteiger partial charge in [0.1, 0.15) is 5.75 Å². The summed E-state index contributed by atoms with van der Waals surface area (Å²) in [5.41, 5.74) is 10.8. The molecular weight excluding hydrogens is 526 g/mol. The Kier molecular flexibility index (Phi) is 12.6. The first-order chi connectivity index (χ1) is 19.1. The van der Waals surface area contributed by atoms with E-state index in [4.69, 9.17) is 20.9 Å². The van der Waals surface area contributed by atoms with Gasteiger partial charge < -0.3 is 36.3 Å². The van der Waals surface area contributed by atoms with Gasteiger partial charge in [0.25, 0.3) is 0 Å². The Bertz CT molecular complexity index is 1030. The quantitative estimate of drug-likeness (QED) is 0.215. The van der Waals surface area contributed by atoms with Crippen LogP contribution in [0.2, 0.25) is 0 Å². The van der Waals surface area contributed by atoms with Gasteiger partial charge in [0, 0.05) is 58.3 Å². The topological polar surface area (TPSA) is 160 Å². The lowest BCUT2D eigenvalue weighted by Crippen LogP contribution is -2.65. The zero-order chi connectivity index (χ0) is 31.0. The Balaban J connectivity index is 2.05. The number of para-hydroxylation sites is 2. The molecule has 1 aromatic carbocycles. The predicted octanol–water partition coefficient (Wildman–Crippen LogP) is 1.51. The molecule has 0 bridgehead atoms. The second-order valence-electron chi connectivity index (χ2n) is 12.4. The highest BCUT2D eigenvalue weighted by Crippen LogP contribution is 2.34. The molecule has 11 heteroatoms. The number of ether oxygens (including phenoxy) is 2. The fourth-order valence-corrected chi connectivity index (χ4v) is 4.82. The summed E-state index contributed by atoms with van der Waals surface area (Å²) in [6, 6.07) is 6.82. The molecule has 232 valence electrons.